The summed E-state index contributed by atoms with van der Waals surface area (Å²) in [6.45, 7) is 3.46. The highest BCUT2D eigenvalue weighted by molar-refractivity contribution is 9.10. The van der Waals surface area contributed by atoms with Crippen LogP contribution in [0.5, 0.6) is 0 Å². The van der Waals surface area contributed by atoms with E-state index in [1.165, 1.54) is 0 Å². The topological polar surface area (TPSA) is 64.3 Å². The molecule has 1 saturated heterocycles. The highest BCUT2D eigenvalue weighted by atomic mass is 79.9. The molecule has 1 fully saturated rings. The van der Waals surface area contributed by atoms with Gasteiger partial charge in [0, 0.05) is 29.2 Å². The van der Waals surface area contributed by atoms with Crippen LogP contribution in [-0.2, 0) is 4.74 Å². The van der Waals surface area contributed by atoms with E-state index in [0.29, 0.717) is 23.7 Å². The molecule has 3 N–H and O–H groups in total. The fraction of sp³-hybridized carbons (Fsp3) is 0.462. The minimum absolute atomic E-state index is 0.103. The molecule has 1 aromatic carbocycles. The Bertz CT molecular complexity index is 451. The van der Waals surface area contributed by atoms with Crippen molar-refractivity contribution in [3.63, 3.8) is 0 Å². The van der Waals surface area contributed by atoms with Crippen LogP contribution in [0.3, 0.4) is 0 Å². The van der Waals surface area contributed by atoms with Gasteiger partial charge in [0.15, 0.2) is 0 Å². The number of anilines is 1. The van der Waals surface area contributed by atoms with Crippen molar-refractivity contribution >= 4 is 27.5 Å². The molecule has 0 radical (unpaired) electrons. The molecular weight excluding hydrogens is 296 g/mol. The summed E-state index contributed by atoms with van der Waals surface area (Å²) in [4.78, 5) is 12.0. The Kier molecular flexibility index (Phi) is 4.24. The minimum atomic E-state index is -0.103. The highest BCUT2D eigenvalue weighted by Crippen LogP contribution is 2.21. The third kappa shape index (κ3) is 3.03. The van der Waals surface area contributed by atoms with E-state index < -0.39 is 0 Å². The third-order valence-electron chi connectivity index (χ3n) is 3.29. The van der Waals surface area contributed by atoms with Gasteiger partial charge >= 0.3 is 0 Å². The Morgan fingerprint density at radius 1 is 1.61 bits per heavy atom. The van der Waals surface area contributed by atoms with Gasteiger partial charge in [-0.15, -0.1) is 0 Å². The molecule has 18 heavy (non-hydrogen) atoms. The molecule has 1 aromatic rings. The fourth-order valence-electron chi connectivity index (χ4n) is 2.08. The molecule has 4 nitrogen and oxygen atoms in total. The van der Waals surface area contributed by atoms with Crippen LogP contribution in [-0.4, -0.2) is 25.2 Å². The first-order chi connectivity index (χ1) is 8.58. The van der Waals surface area contributed by atoms with Crippen LogP contribution in [0.2, 0.25) is 0 Å². The van der Waals surface area contributed by atoms with Crippen molar-refractivity contribution in [1.29, 1.82) is 0 Å². The number of rotatable bonds is 3. The summed E-state index contributed by atoms with van der Waals surface area (Å²) in [5, 5.41) is 2.93. The SMILES string of the molecule is CC1OCCC1CNC(=O)c1cc(N)ccc1Br. The first-order valence-electron chi connectivity index (χ1n) is 6.02. The second-order valence-corrected chi connectivity index (χ2v) is 5.43. The van der Waals surface area contributed by atoms with Crippen LogP contribution >= 0.6 is 15.9 Å². The molecule has 0 bridgehead atoms. The molecule has 1 aliphatic heterocycles. The van der Waals surface area contributed by atoms with Crippen molar-refractivity contribution in [2.75, 3.05) is 18.9 Å². The van der Waals surface area contributed by atoms with Crippen molar-refractivity contribution in [2.24, 2.45) is 5.92 Å². The number of carbonyl (C=O) groups is 1. The smallest absolute Gasteiger partial charge is 0.252 e. The van der Waals surface area contributed by atoms with E-state index in [1.807, 2.05) is 6.92 Å². The summed E-state index contributed by atoms with van der Waals surface area (Å²) in [7, 11) is 0. The standard InChI is InChI=1S/C13H17BrN2O2/c1-8-9(4-5-18-8)7-16-13(17)11-6-10(15)2-3-12(11)14/h2-3,6,8-9H,4-5,7,15H2,1H3,(H,16,17). The van der Waals surface area contributed by atoms with Crippen molar-refractivity contribution in [2.45, 2.75) is 19.4 Å². The molecule has 2 atom stereocenters. The lowest BCUT2D eigenvalue weighted by atomic mass is 10.0. The van der Waals surface area contributed by atoms with E-state index in [2.05, 4.69) is 21.2 Å². The van der Waals surface area contributed by atoms with E-state index >= 15 is 0 Å². The molecule has 0 spiro atoms. The zero-order valence-electron chi connectivity index (χ0n) is 10.3. The van der Waals surface area contributed by atoms with Crippen LogP contribution in [0.4, 0.5) is 5.69 Å². The molecule has 0 aliphatic carbocycles. The van der Waals surface area contributed by atoms with E-state index in [1.54, 1.807) is 18.2 Å². The van der Waals surface area contributed by atoms with Crippen LogP contribution in [0.25, 0.3) is 0 Å². The predicted octanol–water partition coefficient (Wildman–Crippen LogP) is 2.19. The summed E-state index contributed by atoms with van der Waals surface area (Å²) in [5.41, 5.74) is 6.84. The molecule has 2 unspecified atom stereocenters. The average Bonchev–Trinajstić information content (AvgIpc) is 2.75. The minimum Gasteiger partial charge on any atom is -0.399 e. The van der Waals surface area contributed by atoms with E-state index in [-0.39, 0.29) is 12.0 Å². The number of nitrogens with two attached hydrogens (primary N) is 1. The van der Waals surface area contributed by atoms with Gasteiger partial charge in [0.1, 0.15) is 0 Å². The largest absolute Gasteiger partial charge is 0.399 e. The maximum absolute atomic E-state index is 12.0. The zero-order valence-corrected chi connectivity index (χ0v) is 11.9. The molecular formula is C13H17BrN2O2. The van der Waals surface area contributed by atoms with Gasteiger partial charge in [0.25, 0.3) is 5.91 Å². The van der Waals surface area contributed by atoms with Crippen molar-refractivity contribution < 1.29 is 9.53 Å². The Morgan fingerprint density at radius 3 is 3.06 bits per heavy atom. The molecule has 98 valence electrons. The Balaban J connectivity index is 1.97. The van der Waals surface area contributed by atoms with Crippen molar-refractivity contribution in [3.8, 4) is 0 Å². The fourth-order valence-corrected chi connectivity index (χ4v) is 2.51. The number of hydrogen-bond acceptors (Lipinski definition) is 3. The van der Waals surface area contributed by atoms with Crippen LogP contribution in [0.15, 0.2) is 22.7 Å². The number of halogens is 1. The highest BCUT2D eigenvalue weighted by Gasteiger charge is 2.24. The predicted molar refractivity (Wildman–Crippen MR) is 74.4 cm³/mol. The lowest BCUT2D eigenvalue weighted by Gasteiger charge is -2.15. The first kappa shape index (κ1) is 13.4. The van der Waals surface area contributed by atoms with E-state index in [0.717, 1.165) is 17.5 Å². The molecule has 2 rings (SSSR count). The lowest BCUT2D eigenvalue weighted by Crippen LogP contribution is -2.32. The Labute approximate surface area is 115 Å². The Morgan fingerprint density at radius 2 is 2.39 bits per heavy atom. The van der Waals surface area contributed by atoms with Gasteiger partial charge in [-0.25, -0.2) is 0 Å². The van der Waals surface area contributed by atoms with Gasteiger partial charge in [0.2, 0.25) is 0 Å². The van der Waals surface area contributed by atoms with Gasteiger partial charge in [0.05, 0.1) is 11.7 Å². The van der Waals surface area contributed by atoms with Crippen LogP contribution in [0.1, 0.15) is 23.7 Å². The molecule has 5 heteroatoms. The summed E-state index contributed by atoms with van der Waals surface area (Å²) in [6, 6.07) is 5.22. The van der Waals surface area contributed by atoms with Crippen LogP contribution in [0, 0.1) is 5.92 Å². The number of amides is 1. The summed E-state index contributed by atoms with van der Waals surface area (Å²) < 4.78 is 6.22. The molecule has 0 saturated carbocycles. The first-order valence-corrected chi connectivity index (χ1v) is 6.82. The number of nitrogen functional groups attached to an aromatic ring is 1. The van der Waals surface area contributed by atoms with Gasteiger partial charge in [-0.1, -0.05) is 0 Å². The molecule has 1 aliphatic rings. The number of carbonyl (C=O) groups excluding carboxylic acids is 1. The van der Waals surface area contributed by atoms with Crippen molar-refractivity contribution in [1.82, 2.24) is 5.32 Å². The number of benzene rings is 1. The maximum Gasteiger partial charge on any atom is 0.252 e. The van der Waals surface area contributed by atoms with Gasteiger partial charge in [-0.3, -0.25) is 4.79 Å². The summed E-state index contributed by atoms with van der Waals surface area (Å²) >= 11 is 3.36. The van der Waals surface area contributed by atoms with Gasteiger partial charge < -0.3 is 15.8 Å². The Hall–Kier alpha value is -1.07. The normalized spacial score (nSPS) is 23.0. The average molecular weight is 313 g/mol. The monoisotopic (exact) mass is 312 g/mol. The lowest BCUT2D eigenvalue weighted by molar-refractivity contribution is 0.0907. The zero-order chi connectivity index (χ0) is 13.1. The van der Waals surface area contributed by atoms with Crippen molar-refractivity contribution in [3.05, 3.63) is 28.2 Å². The number of ether oxygens (including phenoxy) is 1. The van der Waals surface area contributed by atoms with E-state index in [9.17, 15) is 4.79 Å². The molecule has 0 aromatic heterocycles. The van der Waals surface area contributed by atoms with E-state index in [4.69, 9.17) is 10.5 Å². The molecule has 1 heterocycles. The quantitative estimate of drug-likeness (QED) is 0.841. The summed E-state index contributed by atoms with van der Waals surface area (Å²) in [6.07, 6.45) is 1.22. The number of nitrogens with one attached hydrogen (secondary N) is 1. The summed E-state index contributed by atoms with van der Waals surface area (Å²) in [5.74, 6) is 0.294. The second-order valence-electron chi connectivity index (χ2n) is 4.57. The number of hydrogen-bond donors (Lipinski definition) is 2. The van der Waals surface area contributed by atoms with Gasteiger partial charge in [-0.05, 0) is 47.5 Å². The van der Waals surface area contributed by atoms with Crippen LogP contribution < -0.4 is 11.1 Å². The maximum atomic E-state index is 12.0. The third-order valence-corrected chi connectivity index (χ3v) is 3.98. The van der Waals surface area contributed by atoms with Gasteiger partial charge in [-0.2, -0.15) is 0 Å². The molecule has 1 amide bonds. The second kappa shape index (κ2) is 5.71.